The Hall–Kier alpha value is -2.23. The lowest BCUT2D eigenvalue weighted by Crippen LogP contribution is -2.44. The molecule has 1 saturated heterocycles. The van der Waals surface area contributed by atoms with E-state index >= 15 is 0 Å². The van der Waals surface area contributed by atoms with Gasteiger partial charge in [-0.1, -0.05) is 0 Å². The molecule has 0 saturated carbocycles. The molecule has 0 bridgehead atoms. The van der Waals surface area contributed by atoms with Crippen LogP contribution in [0.5, 0.6) is 0 Å². The van der Waals surface area contributed by atoms with Gasteiger partial charge in [-0.25, -0.2) is 4.98 Å². The second-order valence-corrected chi connectivity index (χ2v) is 4.98. The van der Waals surface area contributed by atoms with Crippen molar-refractivity contribution < 1.29 is 0 Å². The van der Waals surface area contributed by atoms with Gasteiger partial charge in [-0.05, 0) is 18.6 Å². The minimum Gasteiger partial charge on any atom is -0.346 e. The van der Waals surface area contributed by atoms with Crippen LogP contribution >= 0.6 is 0 Å². The zero-order valence-corrected chi connectivity index (χ0v) is 12.2. The van der Waals surface area contributed by atoms with Crippen LogP contribution in [0.3, 0.4) is 0 Å². The molecule has 0 amide bonds. The van der Waals surface area contributed by atoms with E-state index in [0.29, 0.717) is 11.4 Å². The maximum Gasteiger partial charge on any atom is 0.134 e. The number of pyridine rings is 1. The van der Waals surface area contributed by atoms with E-state index in [0.717, 1.165) is 43.9 Å². The van der Waals surface area contributed by atoms with Crippen LogP contribution in [0.2, 0.25) is 0 Å². The van der Waals surface area contributed by atoms with E-state index in [1.165, 1.54) is 6.21 Å². The van der Waals surface area contributed by atoms with Crippen LogP contribution in [0.4, 0.5) is 5.82 Å². The number of rotatable bonds is 5. The highest BCUT2D eigenvalue weighted by atomic mass is 15.2. The van der Waals surface area contributed by atoms with Gasteiger partial charge >= 0.3 is 0 Å². The van der Waals surface area contributed by atoms with Crippen molar-refractivity contribution >= 4 is 12.0 Å². The van der Waals surface area contributed by atoms with Crippen LogP contribution in [0, 0.1) is 23.7 Å². The van der Waals surface area contributed by atoms with Gasteiger partial charge in [-0.15, -0.1) is 0 Å². The molecule has 0 aromatic carbocycles. The van der Waals surface area contributed by atoms with Crippen LogP contribution in [0.25, 0.3) is 0 Å². The normalized spacial score (nSPS) is 16.3. The smallest absolute Gasteiger partial charge is 0.134 e. The number of aromatic nitrogens is 1. The zero-order valence-electron chi connectivity index (χ0n) is 12.2. The molecular weight excluding hydrogens is 264 g/mol. The number of nitrogens with one attached hydrogen (secondary N) is 3. The average molecular weight is 284 g/mol. The van der Waals surface area contributed by atoms with E-state index in [4.69, 9.17) is 10.7 Å². The quantitative estimate of drug-likeness (QED) is 0.705. The SMILES string of the molecule is Cc1c(C#N)ccnc1N/C=C(\C=N)CN1CCNCC1. The number of nitrogens with zero attached hydrogens (tertiary/aromatic N) is 3. The number of anilines is 1. The Labute approximate surface area is 125 Å². The highest BCUT2D eigenvalue weighted by Gasteiger charge is 2.10. The maximum absolute atomic E-state index is 9.01. The van der Waals surface area contributed by atoms with E-state index < -0.39 is 0 Å². The van der Waals surface area contributed by atoms with E-state index in [1.54, 1.807) is 18.5 Å². The van der Waals surface area contributed by atoms with Gasteiger partial charge in [0.25, 0.3) is 0 Å². The second kappa shape index (κ2) is 7.53. The number of hydrogen-bond donors (Lipinski definition) is 3. The van der Waals surface area contributed by atoms with Gasteiger partial charge in [0.05, 0.1) is 11.6 Å². The molecule has 6 heteroatoms. The lowest BCUT2D eigenvalue weighted by molar-refractivity contribution is 0.262. The van der Waals surface area contributed by atoms with Crippen LogP contribution in [-0.2, 0) is 0 Å². The molecule has 1 aliphatic rings. The molecule has 1 aromatic heterocycles. The molecule has 0 aliphatic carbocycles. The molecule has 3 N–H and O–H groups in total. The number of hydrogen-bond acceptors (Lipinski definition) is 6. The standard InChI is InChI=1S/C15H20N6/c1-12-14(9-17)2-3-19-15(12)20-10-13(8-16)11-21-6-4-18-5-7-21/h2-3,8,10,16,18H,4-7,11H2,1H3,(H,19,20)/b13-10+,16-8?. The summed E-state index contributed by atoms with van der Waals surface area (Å²) in [6.45, 7) is 6.57. The van der Waals surface area contributed by atoms with Crippen LogP contribution in [-0.4, -0.2) is 48.8 Å². The third kappa shape index (κ3) is 4.12. The van der Waals surface area contributed by atoms with Crippen molar-refractivity contribution in [3.63, 3.8) is 0 Å². The van der Waals surface area contributed by atoms with Crippen molar-refractivity contribution in [2.75, 3.05) is 38.0 Å². The summed E-state index contributed by atoms with van der Waals surface area (Å²) in [6, 6.07) is 3.84. The van der Waals surface area contributed by atoms with Crippen LogP contribution in [0.1, 0.15) is 11.1 Å². The highest BCUT2D eigenvalue weighted by molar-refractivity contribution is 5.77. The summed E-state index contributed by atoms with van der Waals surface area (Å²) in [4.78, 5) is 6.54. The fourth-order valence-electron chi connectivity index (χ4n) is 2.22. The Bertz CT molecular complexity index is 566. The molecule has 1 fully saturated rings. The molecule has 0 spiro atoms. The summed E-state index contributed by atoms with van der Waals surface area (Å²) < 4.78 is 0. The summed E-state index contributed by atoms with van der Waals surface area (Å²) in [5.41, 5.74) is 2.32. The molecule has 0 atom stereocenters. The zero-order chi connectivity index (χ0) is 15.1. The van der Waals surface area contributed by atoms with Gasteiger partial charge in [-0.2, -0.15) is 5.26 Å². The largest absolute Gasteiger partial charge is 0.346 e. The van der Waals surface area contributed by atoms with Crippen LogP contribution < -0.4 is 10.6 Å². The maximum atomic E-state index is 9.01. The Balaban J connectivity index is 2.04. The number of piperazine rings is 1. The fraction of sp³-hybridized carbons (Fsp3) is 0.400. The molecule has 2 rings (SSSR count). The van der Waals surface area contributed by atoms with Crippen molar-refractivity contribution in [3.8, 4) is 6.07 Å². The summed E-state index contributed by atoms with van der Waals surface area (Å²) >= 11 is 0. The van der Waals surface area contributed by atoms with Gasteiger partial charge in [-0.3, -0.25) is 4.90 Å². The first-order valence-electron chi connectivity index (χ1n) is 6.99. The summed E-state index contributed by atoms with van der Waals surface area (Å²) in [6.07, 6.45) is 4.77. The van der Waals surface area contributed by atoms with Gasteiger partial charge in [0, 0.05) is 56.9 Å². The molecule has 1 aliphatic heterocycles. The van der Waals surface area contributed by atoms with E-state index in [2.05, 4.69) is 26.6 Å². The highest BCUT2D eigenvalue weighted by Crippen LogP contribution is 2.15. The Morgan fingerprint density at radius 2 is 2.33 bits per heavy atom. The molecule has 2 heterocycles. The van der Waals surface area contributed by atoms with Crippen molar-refractivity contribution in [3.05, 3.63) is 35.2 Å². The van der Waals surface area contributed by atoms with E-state index in [9.17, 15) is 0 Å². The van der Waals surface area contributed by atoms with Gasteiger partial charge in [0.2, 0.25) is 0 Å². The molecule has 0 unspecified atom stereocenters. The topological polar surface area (TPSA) is 87.8 Å². The number of nitriles is 1. The van der Waals surface area contributed by atoms with Gasteiger partial charge < -0.3 is 16.0 Å². The minimum atomic E-state index is 0.611. The first-order chi connectivity index (χ1) is 10.2. The Morgan fingerprint density at radius 3 is 3.00 bits per heavy atom. The molecule has 110 valence electrons. The Kier molecular flexibility index (Phi) is 5.43. The van der Waals surface area contributed by atoms with Gasteiger partial charge in [0.15, 0.2) is 0 Å². The first kappa shape index (κ1) is 15.2. The lowest BCUT2D eigenvalue weighted by atomic mass is 10.1. The summed E-state index contributed by atoms with van der Waals surface area (Å²) in [7, 11) is 0. The van der Waals surface area contributed by atoms with Crippen LogP contribution in [0.15, 0.2) is 24.0 Å². The molecule has 6 nitrogen and oxygen atoms in total. The molecular formula is C15H20N6. The Morgan fingerprint density at radius 1 is 1.57 bits per heavy atom. The van der Waals surface area contributed by atoms with Crippen molar-refractivity contribution in [1.29, 1.82) is 10.7 Å². The average Bonchev–Trinajstić information content (AvgIpc) is 2.53. The molecule has 0 radical (unpaired) electrons. The predicted molar refractivity (Wildman–Crippen MR) is 83.5 cm³/mol. The first-order valence-corrected chi connectivity index (χ1v) is 6.99. The summed E-state index contributed by atoms with van der Waals surface area (Å²) in [5.74, 6) is 0.661. The molecule has 1 aromatic rings. The lowest BCUT2D eigenvalue weighted by Gasteiger charge is -2.27. The van der Waals surface area contributed by atoms with Crippen molar-refractivity contribution in [2.24, 2.45) is 0 Å². The molecule has 21 heavy (non-hydrogen) atoms. The van der Waals surface area contributed by atoms with E-state index in [-0.39, 0.29) is 0 Å². The third-order valence-corrected chi connectivity index (χ3v) is 3.52. The summed E-state index contributed by atoms with van der Waals surface area (Å²) in [5, 5.41) is 23.0. The monoisotopic (exact) mass is 284 g/mol. The minimum absolute atomic E-state index is 0.611. The fourth-order valence-corrected chi connectivity index (χ4v) is 2.22. The van der Waals surface area contributed by atoms with Crippen molar-refractivity contribution in [1.82, 2.24) is 15.2 Å². The van der Waals surface area contributed by atoms with E-state index in [1.807, 2.05) is 6.92 Å². The van der Waals surface area contributed by atoms with Gasteiger partial charge in [0.1, 0.15) is 5.82 Å². The predicted octanol–water partition coefficient (Wildman–Crippen LogP) is 1.11. The third-order valence-electron chi connectivity index (χ3n) is 3.52. The van der Waals surface area contributed by atoms with Crippen molar-refractivity contribution in [2.45, 2.75) is 6.92 Å². The second-order valence-electron chi connectivity index (χ2n) is 4.98.